The number of aryl methyl sites for hydroxylation is 1. The number of piperidine rings is 1. The van der Waals surface area contributed by atoms with Gasteiger partial charge in [-0.05, 0) is 31.5 Å². The van der Waals surface area contributed by atoms with Gasteiger partial charge in [-0.25, -0.2) is 9.97 Å². The number of aromatic nitrogens is 2. The van der Waals surface area contributed by atoms with Crippen LogP contribution in [0.5, 0.6) is 5.88 Å². The van der Waals surface area contributed by atoms with Crippen molar-refractivity contribution in [2.45, 2.75) is 26.3 Å². The highest BCUT2D eigenvalue weighted by molar-refractivity contribution is 6.31. The summed E-state index contributed by atoms with van der Waals surface area (Å²) in [5.41, 5.74) is 0.992. The Morgan fingerprint density at radius 1 is 1.50 bits per heavy atom. The van der Waals surface area contributed by atoms with Crippen LogP contribution >= 0.6 is 11.6 Å². The van der Waals surface area contributed by atoms with Crippen molar-refractivity contribution in [3.8, 4) is 5.88 Å². The Labute approximate surface area is 135 Å². The molecular formula is C16H20ClN3O2. The molecule has 118 valence electrons. The van der Waals surface area contributed by atoms with Gasteiger partial charge >= 0.3 is 0 Å². The number of halogens is 1. The van der Waals surface area contributed by atoms with E-state index in [2.05, 4.69) is 14.9 Å². The van der Waals surface area contributed by atoms with Crippen molar-refractivity contribution in [1.82, 2.24) is 14.9 Å². The van der Waals surface area contributed by atoms with Crippen LogP contribution in [-0.2, 0) is 6.54 Å². The minimum absolute atomic E-state index is 0.486. The van der Waals surface area contributed by atoms with Crippen LogP contribution in [0.1, 0.15) is 24.4 Å². The lowest BCUT2D eigenvalue weighted by Gasteiger charge is -2.31. The minimum atomic E-state index is 0.486. The first-order valence-corrected chi connectivity index (χ1v) is 7.95. The molecule has 1 saturated heterocycles. The SMILES string of the molecule is Cc1nc(CN2CCCC(COc3ncccc3Cl)C2)co1. The summed E-state index contributed by atoms with van der Waals surface area (Å²) >= 11 is 6.06. The summed E-state index contributed by atoms with van der Waals surface area (Å²) in [4.78, 5) is 10.9. The Bertz CT molecular complexity index is 617. The molecule has 1 atom stereocenters. The van der Waals surface area contributed by atoms with Crippen molar-refractivity contribution < 1.29 is 9.15 Å². The molecule has 0 N–H and O–H groups in total. The zero-order valence-corrected chi connectivity index (χ0v) is 13.4. The zero-order chi connectivity index (χ0) is 15.4. The van der Waals surface area contributed by atoms with Gasteiger partial charge in [0.2, 0.25) is 5.88 Å². The predicted molar refractivity (Wildman–Crippen MR) is 84.0 cm³/mol. The van der Waals surface area contributed by atoms with Crippen molar-refractivity contribution in [3.63, 3.8) is 0 Å². The van der Waals surface area contributed by atoms with Crippen molar-refractivity contribution in [2.24, 2.45) is 5.92 Å². The first-order chi connectivity index (χ1) is 10.7. The molecule has 1 fully saturated rings. The molecule has 5 nitrogen and oxygen atoms in total. The molecule has 0 amide bonds. The third-order valence-electron chi connectivity index (χ3n) is 3.84. The summed E-state index contributed by atoms with van der Waals surface area (Å²) in [6.45, 7) is 5.43. The maximum atomic E-state index is 6.06. The molecule has 1 aliphatic heterocycles. The maximum Gasteiger partial charge on any atom is 0.232 e. The van der Waals surface area contributed by atoms with E-state index < -0.39 is 0 Å². The molecule has 1 unspecified atom stereocenters. The molecular weight excluding hydrogens is 302 g/mol. The summed E-state index contributed by atoms with van der Waals surface area (Å²) in [5.74, 6) is 1.73. The topological polar surface area (TPSA) is 51.4 Å². The maximum absolute atomic E-state index is 6.06. The largest absolute Gasteiger partial charge is 0.476 e. The van der Waals surface area contributed by atoms with E-state index in [1.165, 1.54) is 12.8 Å². The van der Waals surface area contributed by atoms with E-state index in [9.17, 15) is 0 Å². The molecule has 2 aromatic heterocycles. The molecule has 0 saturated carbocycles. The number of hydrogen-bond acceptors (Lipinski definition) is 5. The summed E-state index contributed by atoms with van der Waals surface area (Å²) in [6.07, 6.45) is 5.77. The van der Waals surface area contributed by atoms with Crippen LogP contribution in [0.25, 0.3) is 0 Å². The molecule has 6 heteroatoms. The molecule has 22 heavy (non-hydrogen) atoms. The number of oxazole rings is 1. The fourth-order valence-electron chi connectivity index (χ4n) is 2.82. The average Bonchev–Trinajstić information content (AvgIpc) is 2.92. The van der Waals surface area contributed by atoms with Crippen molar-refractivity contribution in [1.29, 1.82) is 0 Å². The number of nitrogens with zero attached hydrogens (tertiary/aromatic N) is 3. The van der Waals surface area contributed by atoms with Gasteiger partial charge < -0.3 is 9.15 Å². The first-order valence-electron chi connectivity index (χ1n) is 7.57. The molecule has 0 spiro atoms. The predicted octanol–water partition coefficient (Wildman–Crippen LogP) is 3.32. The van der Waals surface area contributed by atoms with E-state index in [4.69, 9.17) is 20.8 Å². The quantitative estimate of drug-likeness (QED) is 0.845. The summed E-state index contributed by atoms with van der Waals surface area (Å²) < 4.78 is 11.0. The summed E-state index contributed by atoms with van der Waals surface area (Å²) in [5, 5.41) is 0.563. The molecule has 1 aliphatic rings. The second-order valence-electron chi connectivity index (χ2n) is 5.70. The number of hydrogen-bond donors (Lipinski definition) is 0. The van der Waals surface area contributed by atoms with Gasteiger partial charge in [0, 0.05) is 32.1 Å². The van der Waals surface area contributed by atoms with E-state index in [1.807, 2.05) is 6.92 Å². The molecule has 3 heterocycles. The average molecular weight is 322 g/mol. The van der Waals surface area contributed by atoms with E-state index in [0.717, 1.165) is 31.2 Å². The Kier molecular flexibility index (Phi) is 4.95. The summed E-state index contributed by atoms with van der Waals surface area (Å²) in [6, 6.07) is 3.60. The molecule has 0 bridgehead atoms. The van der Waals surface area contributed by atoms with Gasteiger partial charge in [-0.3, -0.25) is 4.90 Å². The van der Waals surface area contributed by atoms with Gasteiger partial charge in [0.1, 0.15) is 11.3 Å². The van der Waals surface area contributed by atoms with Crippen LogP contribution in [0.4, 0.5) is 0 Å². The lowest BCUT2D eigenvalue weighted by Crippen LogP contribution is -2.37. The molecule has 3 rings (SSSR count). The highest BCUT2D eigenvalue weighted by atomic mass is 35.5. The Morgan fingerprint density at radius 2 is 2.41 bits per heavy atom. The number of ether oxygens (including phenoxy) is 1. The standard InChI is InChI=1S/C16H20ClN3O2/c1-12-19-14(11-21-12)9-20-7-3-4-13(8-20)10-22-16-15(17)5-2-6-18-16/h2,5-6,11,13H,3-4,7-10H2,1H3. The van der Waals surface area contributed by atoms with E-state index in [1.54, 1.807) is 24.6 Å². The van der Waals surface area contributed by atoms with Gasteiger partial charge in [-0.1, -0.05) is 11.6 Å². The van der Waals surface area contributed by atoms with Gasteiger partial charge in [-0.2, -0.15) is 0 Å². The minimum Gasteiger partial charge on any atom is -0.476 e. The highest BCUT2D eigenvalue weighted by Crippen LogP contribution is 2.23. The normalized spacial score (nSPS) is 19.3. The molecule has 0 aliphatic carbocycles. The van der Waals surface area contributed by atoms with E-state index in [0.29, 0.717) is 23.4 Å². The Balaban J connectivity index is 1.51. The fourth-order valence-corrected chi connectivity index (χ4v) is 2.99. The lowest BCUT2D eigenvalue weighted by atomic mass is 9.99. The summed E-state index contributed by atoms with van der Waals surface area (Å²) in [7, 11) is 0. The van der Waals surface area contributed by atoms with E-state index in [-0.39, 0.29) is 0 Å². The smallest absolute Gasteiger partial charge is 0.232 e. The van der Waals surface area contributed by atoms with Crippen LogP contribution in [0.2, 0.25) is 5.02 Å². The monoisotopic (exact) mass is 321 g/mol. The second kappa shape index (κ2) is 7.11. The van der Waals surface area contributed by atoms with Crippen molar-refractivity contribution >= 4 is 11.6 Å². The first kappa shape index (κ1) is 15.3. The van der Waals surface area contributed by atoms with Gasteiger partial charge in [0.25, 0.3) is 0 Å². The number of pyridine rings is 1. The van der Waals surface area contributed by atoms with Crippen LogP contribution in [0.3, 0.4) is 0 Å². The second-order valence-corrected chi connectivity index (χ2v) is 6.11. The lowest BCUT2D eigenvalue weighted by molar-refractivity contribution is 0.122. The van der Waals surface area contributed by atoms with Crippen LogP contribution in [0, 0.1) is 12.8 Å². The third-order valence-corrected chi connectivity index (χ3v) is 4.12. The molecule has 2 aromatic rings. The van der Waals surface area contributed by atoms with E-state index >= 15 is 0 Å². The zero-order valence-electron chi connectivity index (χ0n) is 12.7. The van der Waals surface area contributed by atoms with Gasteiger partial charge in [-0.15, -0.1) is 0 Å². The van der Waals surface area contributed by atoms with Gasteiger partial charge in [0.05, 0.1) is 12.3 Å². The van der Waals surface area contributed by atoms with Crippen LogP contribution in [0.15, 0.2) is 29.0 Å². The highest BCUT2D eigenvalue weighted by Gasteiger charge is 2.21. The molecule has 0 radical (unpaired) electrons. The Hall–Kier alpha value is -1.59. The van der Waals surface area contributed by atoms with Crippen LogP contribution < -0.4 is 4.74 Å². The molecule has 0 aromatic carbocycles. The van der Waals surface area contributed by atoms with Gasteiger partial charge in [0.15, 0.2) is 5.89 Å². The van der Waals surface area contributed by atoms with Crippen LogP contribution in [-0.4, -0.2) is 34.6 Å². The number of rotatable bonds is 5. The third kappa shape index (κ3) is 3.99. The number of likely N-dealkylation sites (tertiary alicyclic amines) is 1. The van der Waals surface area contributed by atoms with Crippen molar-refractivity contribution in [2.75, 3.05) is 19.7 Å². The van der Waals surface area contributed by atoms with Crippen molar-refractivity contribution in [3.05, 3.63) is 41.2 Å². The fraction of sp³-hybridized carbons (Fsp3) is 0.500. The Morgan fingerprint density at radius 3 is 3.18 bits per heavy atom.